The minimum Gasteiger partial charge on any atom is -0.496 e. The maximum Gasteiger partial charge on any atom is 0.354 e. The predicted molar refractivity (Wildman–Crippen MR) is 136 cm³/mol. The van der Waals surface area contributed by atoms with E-state index in [1.165, 1.54) is 6.07 Å². The van der Waals surface area contributed by atoms with Crippen LogP contribution in [-0.4, -0.2) is 63.1 Å². The third kappa shape index (κ3) is 4.78. The van der Waals surface area contributed by atoms with Crippen LogP contribution in [0.2, 0.25) is 0 Å². The van der Waals surface area contributed by atoms with Crippen molar-refractivity contribution in [1.29, 1.82) is 0 Å². The van der Waals surface area contributed by atoms with Crippen LogP contribution in [0.3, 0.4) is 0 Å². The molecule has 3 heterocycles. The highest BCUT2D eigenvalue weighted by Crippen LogP contribution is 2.61. The molecule has 202 valence electrons. The maximum absolute atomic E-state index is 14.1. The van der Waals surface area contributed by atoms with E-state index in [9.17, 15) is 28.6 Å². The third-order valence-corrected chi connectivity index (χ3v) is 7.87. The summed E-state index contributed by atoms with van der Waals surface area (Å²) in [4.78, 5) is 32.5. The second kappa shape index (κ2) is 9.54. The van der Waals surface area contributed by atoms with Crippen LogP contribution in [0.25, 0.3) is 10.9 Å². The number of benzene rings is 1. The molecule has 1 aliphatic heterocycles. The highest BCUT2D eigenvalue weighted by molar-refractivity contribution is 5.88. The van der Waals surface area contributed by atoms with Crippen LogP contribution in [0, 0.1) is 12.3 Å². The minimum absolute atomic E-state index is 0.132. The molecule has 2 aliphatic rings. The smallest absolute Gasteiger partial charge is 0.354 e. The van der Waals surface area contributed by atoms with E-state index in [2.05, 4.69) is 20.2 Å². The average Bonchev–Trinajstić information content (AvgIpc) is 3.34. The van der Waals surface area contributed by atoms with Gasteiger partial charge in [0.1, 0.15) is 18.1 Å². The zero-order chi connectivity index (χ0) is 27.2. The number of anilines is 1. The van der Waals surface area contributed by atoms with Gasteiger partial charge in [-0.2, -0.15) is 0 Å². The topological polar surface area (TPSA) is 128 Å². The molecule has 0 unspecified atom stereocenters. The number of hydrogen-bond acceptors (Lipinski definition) is 6. The Balaban J connectivity index is 1.57. The number of carboxylic acid groups (broad SMARTS) is 2. The number of carbonyl (C=O) groups is 2. The standard InChI is InChI=1S/C27H30F2N4O5/c1-15-9-21(38-2)18(16-5-7-30-23(15)16)12-33-8-6-26(13-27(28,29)14-26)10-20(33)17-3-4-19(25(36)37)32-24(17)31-11-22(34)35/h3-5,7,9,20,30H,6,8,10-14H2,1-2H3,(H,31,32)(H,34,35)(H,36,37)/t20-/m0/s1. The van der Waals surface area contributed by atoms with Gasteiger partial charge in [-0.1, -0.05) is 6.07 Å². The summed E-state index contributed by atoms with van der Waals surface area (Å²) in [6, 6.07) is 6.54. The molecule has 9 nitrogen and oxygen atoms in total. The van der Waals surface area contributed by atoms with Crippen LogP contribution in [0.15, 0.2) is 30.5 Å². The van der Waals surface area contributed by atoms with Gasteiger partial charge >= 0.3 is 11.9 Å². The molecule has 0 bridgehead atoms. The fraction of sp³-hybridized carbons (Fsp3) is 0.444. The van der Waals surface area contributed by atoms with Crippen LogP contribution in [0.4, 0.5) is 14.6 Å². The first kappa shape index (κ1) is 25.9. The molecule has 1 saturated carbocycles. The maximum atomic E-state index is 14.1. The number of piperidine rings is 1. The number of aromatic nitrogens is 2. The average molecular weight is 529 g/mol. The van der Waals surface area contributed by atoms with E-state index < -0.39 is 35.9 Å². The Bertz CT molecular complexity index is 1400. The van der Waals surface area contributed by atoms with Crippen molar-refractivity contribution in [2.75, 3.05) is 25.5 Å². The Labute approximate surface area is 217 Å². The lowest BCUT2D eigenvalue weighted by molar-refractivity contribution is -0.186. The largest absolute Gasteiger partial charge is 0.496 e. The molecule has 4 N–H and O–H groups in total. The molecule has 0 amide bonds. The van der Waals surface area contributed by atoms with E-state index >= 15 is 0 Å². The number of likely N-dealkylation sites (tertiary alicyclic amines) is 1. The van der Waals surface area contributed by atoms with Gasteiger partial charge in [0.05, 0.1) is 7.11 Å². The molecule has 3 aromatic rings. The number of aromatic carboxylic acids is 1. The number of aliphatic carboxylic acids is 1. The molecule has 1 atom stereocenters. The van der Waals surface area contributed by atoms with Gasteiger partial charge in [-0.05, 0) is 55.5 Å². The Hall–Kier alpha value is -3.73. The Kier molecular flexibility index (Phi) is 6.50. The van der Waals surface area contributed by atoms with Crippen LogP contribution < -0.4 is 10.1 Å². The number of ether oxygens (including phenoxy) is 1. The highest BCUT2D eigenvalue weighted by Gasteiger charge is 2.58. The van der Waals surface area contributed by atoms with Crippen molar-refractivity contribution in [2.45, 2.75) is 51.1 Å². The van der Waals surface area contributed by atoms with E-state index in [-0.39, 0.29) is 24.4 Å². The fourth-order valence-electron chi connectivity index (χ4n) is 6.18. The van der Waals surface area contributed by atoms with Crippen LogP contribution in [0.5, 0.6) is 5.75 Å². The lowest BCUT2D eigenvalue weighted by Crippen LogP contribution is -2.53. The number of fused-ring (bicyclic) bond motifs is 1. The second-order valence-electron chi connectivity index (χ2n) is 10.5. The van der Waals surface area contributed by atoms with Gasteiger partial charge in [-0.25, -0.2) is 18.6 Å². The van der Waals surface area contributed by atoms with Crippen molar-refractivity contribution in [1.82, 2.24) is 14.9 Å². The molecule has 0 radical (unpaired) electrons. The zero-order valence-electron chi connectivity index (χ0n) is 21.2. The SMILES string of the molecule is COc1cc(C)c2[nH]ccc2c1CN1CCC2(C[C@H]1c1ccc(C(=O)O)nc1NCC(=O)O)CC(F)(F)C2. The first-order valence-corrected chi connectivity index (χ1v) is 12.5. The minimum atomic E-state index is -2.69. The van der Waals surface area contributed by atoms with E-state index in [1.54, 1.807) is 13.2 Å². The summed E-state index contributed by atoms with van der Waals surface area (Å²) in [7, 11) is 1.61. The Morgan fingerprint density at radius 2 is 2.03 bits per heavy atom. The van der Waals surface area contributed by atoms with Crippen molar-refractivity contribution >= 4 is 28.7 Å². The number of halogens is 2. The molecular weight excluding hydrogens is 498 g/mol. The Morgan fingerprint density at radius 3 is 2.68 bits per heavy atom. The van der Waals surface area contributed by atoms with Gasteiger partial charge in [-0.3, -0.25) is 9.69 Å². The normalized spacial score (nSPS) is 20.3. The summed E-state index contributed by atoms with van der Waals surface area (Å²) in [5, 5.41) is 22.4. The van der Waals surface area contributed by atoms with E-state index in [0.717, 1.165) is 22.0 Å². The fourth-order valence-corrected chi connectivity index (χ4v) is 6.18. The summed E-state index contributed by atoms with van der Waals surface area (Å²) < 4.78 is 33.8. The van der Waals surface area contributed by atoms with Gasteiger partial charge in [-0.15, -0.1) is 0 Å². The molecule has 38 heavy (non-hydrogen) atoms. The highest BCUT2D eigenvalue weighted by atomic mass is 19.3. The monoisotopic (exact) mass is 528 g/mol. The quantitative estimate of drug-likeness (QED) is 0.328. The number of aromatic amines is 1. The van der Waals surface area contributed by atoms with Gasteiger partial charge in [0.2, 0.25) is 5.92 Å². The third-order valence-electron chi connectivity index (χ3n) is 7.87. The van der Waals surface area contributed by atoms with Crippen LogP contribution in [0.1, 0.15) is 58.9 Å². The number of aryl methyl sites for hydroxylation is 1. The van der Waals surface area contributed by atoms with Crippen molar-refractivity contribution < 1.29 is 33.3 Å². The van der Waals surface area contributed by atoms with Gasteiger partial charge in [0, 0.05) is 53.7 Å². The number of H-pyrrole nitrogens is 1. The number of methoxy groups -OCH3 is 1. The van der Waals surface area contributed by atoms with Crippen LogP contribution >= 0.6 is 0 Å². The molecule has 2 aromatic heterocycles. The van der Waals surface area contributed by atoms with E-state index in [0.29, 0.717) is 37.2 Å². The number of pyridine rings is 1. The molecule has 2 fully saturated rings. The zero-order valence-corrected chi connectivity index (χ0v) is 21.2. The number of carboxylic acids is 2. The number of nitrogens with zero attached hydrogens (tertiary/aromatic N) is 2. The number of alkyl halides is 2. The molecule has 1 saturated heterocycles. The van der Waals surface area contributed by atoms with E-state index in [1.807, 2.05) is 25.3 Å². The summed E-state index contributed by atoms with van der Waals surface area (Å²) >= 11 is 0. The Morgan fingerprint density at radius 1 is 1.26 bits per heavy atom. The van der Waals surface area contributed by atoms with Gasteiger partial charge in [0.25, 0.3) is 0 Å². The van der Waals surface area contributed by atoms with Crippen molar-refractivity contribution in [2.24, 2.45) is 5.41 Å². The molecule has 5 rings (SSSR count). The molecule has 11 heteroatoms. The molecule has 1 aliphatic carbocycles. The lowest BCUT2D eigenvalue weighted by Gasteiger charge is -2.54. The summed E-state index contributed by atoms with van der Waals surface area (Å²) in [6.07, 6.45) is 2.49. The predicted octanol–water partition coefficient (Wildman–Crippen LogP) is 4.83. The van der Waals surface area contributed by atoms with Gasteiger partial charge in [0.15, 0.2) is 5.69 Å². The number of hydrogen-bond donors (Lipinski definition) is 4. The van der Waals surface area contributed by atoms with Crippen molar-refractivity contribution in [3.8, 4) is 5.75 Å². The molecule has 1 spiro atoms. The lowest BCUT2D eigenvalue weighted by atomic mass is 9.59. The summed E-state index contributed by atoms with van der Waals surface area (Å²) in [5.74, 6) is -4.22. The van der Waals surface area contributed by atoms with Gasteiger partial charge < -0.3 is 25.3 Å². The van der Waals surface area contributed by atoms with Crippen molar-refractivity contribution in [3.63, 3.8) is 0 Å². The van der Waals surface area contributed by atoms with E-state index in [4.69, 9.17) is 4.74 Å². The second-order valence-corrected chi connectivity index (χ2v) is 10.5. The first-order valence-electron chi connectivity index (χ1n) is 12.5. The summed E-state index contributed by atoms with van der Waals surface area (Å²) in [6.45, 7) is 2.51. The molecule has 1 aromatic carbocycles. The summed E-state index contributed by atoms with van der Waals surface area (Å²) in [5.41, 5.74) is 2.78. The van der Waals surface area contributed by atoms with Crippen molar-refractivity contribution in [3.05, 3.63) is 52.8 Å². The number of nitrogens with one attached hydrogen (secondary N) is 2. The molecular formula is C27H30F2N4O5. The first-order chi connectivity index (χ1) is 18.0. The number of rotatable bonds is 8. The van der Waals surface area contributed by atoms with Crippen LogP contribution in [-0.2, 0) is 11.3 Å².